The molecule has 3 aromatic rings. The SMILES string of the molecule is Cc1[nH]c2c(-c3cc(F)ccc3OCC3CC3)ncnc2c1C(=O)N[C@@H]1C[C@H](NC(=O)[C@H](C)O)C[C@H]1F. The van der Waals surface area contributed by atoms with E-state index in [1.54, 1.807) is 13.0 Å². The predicted octanol–water partition coefficient (Wildman–Crippen LogP) is 2.96. The number of aliphatic hydroxyl groups is 1. The number of aryl methyl sites for hydroxylation is 1. The first kappa shape index (κ1) is 25.1. The van der Waals surface area contributed by atoms with Crippen LogP contribution in [0.1, 0.15) is 48.7 Å². The monoisotopic (exact) mass is 513 g/mol. The molecule has 2 amide bonds. The standard InChI is InChI=1S/C26H29F2N5O4/c1-12-21(26(36)33-19-9-16(8-18(19)28)32-25(35)13(2)34)23-24(31-12)22(29-11-30-23)17-7-15(27)5-6-20(17)37-10-14-3-4-14/h5-7,11,13-14,16,18-19,31,34H,3-4,8-10H2,1-2H3,(H,32,35)(H,33,36)/t13-,16+,18+,19+/m0/s1. The highest BCUT2D eigenvalue weighted by atomic mass is 19.1. The van der Waals surface area contributed by atoms with Gasteiger partial charge in [0.2, 0.25) is 5.91 Å². The third kappa shape index (κ3) is 5.27. The summed E-state index contributed by atoms with van der Waals surface area (Å²) in [6.07, 6.45) is 1.18. The highest BCUT2D eigenvalue weighted by molar-refractivity contribution is 6.09. The number of hydrogen-bond donors (Lipinski definition) is 4. The summed E-state index contributed by atoms with van der Waals surface area (Å²) >= 11 is 0. The van der Waals surface area contributed by atoms with Crippen molar-refractivity contribution in [2.75, 3.05) is 6.61 Å². The van der Waals surface area contributed by atoms with Crippen LogP contribution >= 0.6 is 0 Å². The van der Waals surface area contributed by atoms with Crippen molar-refractivity contribution in [2.24, 2.45) is 5.92 Å². The molecule has 0 bridgehead atoms. The first-order valence-electron chi connectivity index (χ1n) is 12.4. The molecule has 1 aromatic carbocycles. The predicted molar refractivity (Wildman–Crippen MR) is 131 cm³/mol. The molecule has 0 saturated heterocycles. The maximum atomic E-state index is 14.7. The minimum atomic E-state index is -1.36. The van der Waals surface area contributed by atoms with Gasteiger partial charge in [-0.2, -0.15) is 0 Å². The lowest BCUT2D eigenvalue weighted by molar-refractivity contribution is -0.129. The van der Waals surface area contributed by atoms with Crippen LogP contribution < -0.4 is 15.4 Å². The molecule has 2 fully saturated rings. The van der Waals surface area contributed by atoms with Gasteiger partial charge >= 0.3 is 0 Å². The van der Waals surface area contributed by atoms with Gasteiger partial charge in [0.25, 0.3) is 5.91 Å². The summed E-state index contributed by atoms with van der Waals surface area (Å²) in [5.41, 5.74) is 2.33. The molecule has 9 nitrogen and oxygen atoms in total. The number of H-pyrrole nitrogens is 1. The normalized spacial score (nSPS) is 22.1. The smallest absolute Gasteiger partial charge is 0.255 e. The second kappa shape index (κ2) is 10.0. The van der Waals surface area contributed by atoms with Crippen LogP contribution in [0, 0.1) is 18.7 Å². The topological polar surface area (TPSA) is 129 Å². The summed E-state index contributed by atoms with van der Waals surface area (Å²) in [5, 5.41) is 14.7. The third-order valence-corrected chi connectivity index (χ3v) is 6.89. The number of alkyl halides is 1. The largest absolute Gasteiger partial charge is 0.493 e. The Morgan fingerprint density at radius 1 is 1.24 bits per heavy atom. The van der Waals surface area contributed by atoms with Crippen LogP contribution in [-0.2, 0) is 4.79 Å². The van der Waals surface area contributed by atoms with Crippen LogP contribution in [0.15, 0.2) is 24.5 Å². The summed E-state index contributed by atoms with van der Waals surface area (Å²) in [7, 11) is 0. The Kier molecular flexibility index (Phi) is 6.80. The molecule has 5 rings (SSSR count). The van der Waals surface area contributed by atoms with Crippen molar-refractivity contribution >= 4 is 22.8 Å². The lowest BCUT2D eigenvalue weighted by Gasteiger charge is -2.16. The number of nitrogens with zero attached hydrogens (tertiary/aromatic N) is 2. The van der Waals surface area contributed by atoms with E-state index in [4.69, 9.17) is 4.74 Å². The fraction of sp³-hybridized carbons (Fsp3) is 0.462. The minimum absolute atomic E-state index is 0.0335. The van der Waals surface area contributed by atoms with Crippen molar-refractivity contribution in [3.8, 4) is 17.0 Å². The Morgan fingerprint density at radius 3 is 2.76 bits per heavy atom. The fourth-order valence-electron chi connectivity index (χ4n) is 4.72. The molecule has 0 unspecified atom stereocenters. The molecule has 2 aromatic heterocycles. The lowest BCUT2D eigenvalue weighted by Crippen LogP contribution is -2.41. The summed E-state index contributed by atoms with van der Waals surface area (Å²) in [6, 6.07) is 2.92. The first-order valence-corrected chi connectivity index (χ1v) is 12.4. The van der Waals surface area contributed by atoms with Crippen molar-refractivity contribution in [1.29, 1.82) is 0 Å². The van der Waals surface area contributed by atoms with Crippen molar-refractivity contribution < 1.29 is 28.2 Å². The highest BCUT2D eigenvalue weighted by Gasteiger charge is 2.37. The number of carbonyl (C=O) groups is 2. The maximum Gasteiger partial charge on any atom is 0.255 e. The van der Waals surface area contributed by atoms with E-state index >= 15 is 0 Å². The Bertz CT molecular complexity index is 1340. The van der Waals surface area contributed by atoms with E-state index in [9.17, 15) is 23.5 Å². The average Bonchev–Trinajstić information content (AvgIpc) is 3.53. The van der Waals surface area contributed by atoms with Gasteiger partial charge in [-0.05, 0) is 57.2 Å². The van der Waals surface area contributed by atoms with Crippen molar-refractivity contribution in [3.05, 3.63) is 41.6 Å². The molecule has 37 heavy (non-hydrogen) atoms. The number of fused-ring (bicyclic) bond motifs is 1. The number of benzene rings is 1. The van der Waals surface area contributed by atoms with Crippen LogP contribution in [-0.4, -0.2) is 62.8 Å². The number of rotatable bonds is 8. The number of aromatic amines is 1. The molecule has 4 atom stereocenters. The Balaban J connectivity index is 1.40. The molecule has 0 aliphatic heterocycles. The quantitative estimate of drug-likeness (QED) is 0.367. The van der Waals surface area contributed by atoms with Crippen LogP contribution in [0.2, 0.25) is 0 Å². The Morgan fingerprint density at radius 2 is 2.03 bits per heavy atom. The summed E-state index contributed by atoms with van der Waals surface area (Å²) in [4.78, 5) is 36.8. The fourth-order valence-corrected chi connectivity index (χ4v) is 4.72. The second-order valence-electron chi connectivity index (χ2n) is 9.91. The van der Waals surface area contributed by atoms with Gasteiger partial charge in [-0.1, -0.05) is 0 Å². The molecule has 0 radical (unpaired) electrons. The third-order valence-electron chi connectivity index (χ3n) is 6.89. The van der Waals surface area contributed by atoms with Crippen LogP contribution in [0.25, 0.3) is 22.3 Å². The van der Waals surface area contributed by atoms with Gasteiger partial charge in [-0.3, -0.25) is 9.59 Å². The van der Waals surface area contributed by atoms with Crippen molar-refractivity contribution in [1.82, 2.24) is 25.6 Å². The van der Waals surface area contributed by atoms with Gasteiger partial charge < -0.3 is 25.5 Å². The molecule has 2 aliphatic carbocycles. The van der Waals surface area contributed by atoms with Gasteiger partial charge in [-0.25, -0.2) is 18.7 Å². The number of halogens is 2. The van der Waals surface area contributed by atoms with Gasteiger partial charge in [0.05, 0.1) is 23.7 Å². The molecule has 0 spiro atoms. The Hall–Kier alpha value is -3.60. The van der Waals surface area contributed by atoms with E-state index in [1.807, 2.05) is 0 Å². The Labute approximate surface area is 212 Å². The second-order valence-corrected chi connectivity index (χ2v) is 9.91. The van der Waals surface area contributed by atoms with Crippen LogP contribution in [0.5, 0.6) is 5.75 Å². The van der Waals surface area contributed by atoms with E-state index in [0.717, 1.165) is 12.8 Å². The average molecular weight is 514 g/mol. The molecule has 4 N–H and O–H groups in total. The number of ether oxygens (including phenoxy) is 1. The molecule has 2 aliphatic rings. The van der Waals surface area contributed by atoms with Gasteiger partial charge in [-0.15, -0.1) is 0 Å². The van der Waals surface area contributed by atoms with E-state index in [1.165, 1.54) is 25.4 Å². The van der Waals surface area contributed by atoms with Crippen molar-refractivity contribution in [3.63, 3.8) is 0 Å². The van der Waals surface area contributed by atoms with E-state index < -0.39 is 42.0 Å². The zero-order chi connectivity index (χ0) is 26.3. The summed E-state index contributed by atoms with van der Waals surface area (Å²) in [5.74, 6) is -0.565. The molecular weight excluding hydrogens is 484 g/mol. The van der Waals surface area contributed by atoms with Crippen LogP contribution in [0.3, 0.4) is 0 Å². The van der Waals surface area contributed by atoms with Gasteiger partial charge in [0.1, 0.15) is 41.4 Å². The van der Waals surface area contributed by atoms with Gasteiger partial charge in [0.15, 0.2) is 0 Å². The van der Waals surface area contributed by atoms with Crippen molar-refractivity contribution in [2.45, 2.75) is 63.9 Å². The number of nitrogens with one attached hydrogen (secondary N) is 3. The zero-order valence-corrected chi connectivity index (χ0v) is 20.6. The molecule has 2 saturated carbocycles. The molecule has 2 heterocycles. The summed E-state index contributed by atoms with van der Waals surface area (Å²) in [6.45, 7) is 3.57. The number of aromatic nitrogens is 3. The highest BCUT2D eigenvalue weighted by Crippen LogP contribution is 2.37. The number of aliphatic hydroxyl groups excluding tert-OH is 1. The number of hydrogen-bond acceptors (Lipinski definition) is 6. The minimum Gasteiger partial charge on any atom is -0.493 e. The maximum absolute atomic E-state index is 14.7. The number of carbonyl (C=O) groups excluding carboxylic acids is 2. The lowest BCUT2D eigenvalue weighted by atomic mass is 10.1. The molecular formula is C26H29F2N5O4. The molecule has 196 valence electrons. The van der Waals surface area contributed by atoms with E-state index in [0.29, 0.717) is 46.3 Å². The zero-order valence-electron chi connectivity index (χ0n) is 20.6. The molecule has 11 heteroatoms. The van der Waals surface area contributed by atoms with E-state index in [-0.39, 0.29) is 18.4 Å². The summed E-state index contributed by atoms with van der Waals surface area (Å²) < 4.78 is 34.9. The van der Waals surface area contributed by atoms with Gasteiger partial charge in [0, 0.05) is 23.7 Å². The number of amides is 2. The van der Waals surface area contributed by atoms with E-state index in [2.05, 4.69) is 25.6 Å². The first-order chi connectivity index (χ1) is 17.7. The van der Waals surface area contributed by atoms with Crippen LogP contribution in [0.4, 0.5) is 8.78 Å².